The van der Waals surface area contributed by atoms with Gasteiger partial charge < -0.3 is 5.32 Å². The molecule has 0 aliphatic rings. The molecule has 0 aliphatic carbocycles. The average molecular weight is 307 g/mol. The van der Waals surface area contributed by atoms with Crippen LogP contribution < -0.4 is 5.32 Å². The summed E-state index contributed by atoms with van der Waals surface area (Å²) in [4.78, 5) is 12.9. The fourth-order valence-corrected chi connectivity index (χ4v) is 1.93. The Bertz CT molecular complexity index is 525. The summed E-state index contributed by atoms with van der Waals surface area (Å²) in [6.07, 6.45) is 2.69. The van der Waals surface area contributed by atoms with Crippen LogP contribution in [-0.4, -0.2) is 15.0 Å². The molecule has 2 rings (SSSR count). The summed E-state index contributed by atoms with van der Waals surface area (Å²) in [5.74, 6) is 1.66. The van der Waals surface area contributed by atoms with Gasteiger partial charge in [-0.1, -0.05) is 13.0 Å². The first-order valence-corrected chi connectivity index (χ1v) is 6.65. The minimum absolute atomic E-state index is 0.708. The van der Waals surface area contributed by atoms with Gasteiger partial charge in [0.1, 0.15) is 16.2 Å². The maximum absolute atomic E-state index is 4.41. The van der Waals surface area contributed by atoms with Gasteiger partial charge in [-0.2, -0.15) is 0 Å². The van der Waals surface area contributed by atoms with Crippen molar-refractivity contribution in [2.24, 2.45) is 0 Å². The number of halogens is 1. The Kier molecular flexibility index (Phi) is 4.25. The maximum atomic E-state index is 4.41. The van der Waals surface area contributed by atoms with Crippen LogP contribution in [-0.2, 0) is 13.0 Å². The van der Waals surface area contributed by atoms with Gasteiger partial charge in [-0.25, -0.2) is 9.97 Å². The zero-order valence-electron chi connectivity index (χ0n) is 10.4. The van der Waals surface area contributed by atoms with Crippen LogP contribution in [0.3, 0.4) is 0 Å². The van der Waals surface area contributed by atoms with E-state index in [2.05, 4.69) is 42.3 Å². The van der Waals surface area contributed by atoms with Gasteiger partial charge in [0.2, 0.25) is 0 Å². The van der Waals surface area contributed by atoms with Crippen LogP contribution in [0.1, 0.15) is 24.0 Å². The molecule has 0 bridgehead atoms. The van der Waals surface area contributed by atoms with E-state index < -0.39 is 0 Å². The highest BCUT2D eigenvalue weighted by Gasteiger charge is 2.01. The summed E-state index contributed by atoms with van der Waals surface area (Å²) in [6.45, 7) is 4.72. The van der Waals surface area contributed by atoms with Gasteiger partial charge in [-0.15, -0.1) is 0 Å². The standard InChI is InChI=1S/C13H15BrN4/c1-3-12-17-11(14)6-13(18-12)16-8-10-5-4-9(2)15-7-10/h4-7H,3,8H2,1-2H3,(H,16,17,18). The molecule has 0 spiro atoms. The number of aryl methyl sites for hydroxylation is 2. The highest BCUT2D eigenvalue weighted by Crippen LogP contribution is 2.13. The van der Waals surface area contributed by atoms with Crippen molar-refractivity contribution in [3.05, 3.63) is 46.1 Å². The molecule has 0 fully saturated rings. The van der Waals surface area contributed by atoms with E-state index in [1.165, 1.54) is 0 Å². The van der Waals surface area contributed by atoms with E-state index in [0.717, 1.165) is 33.9 Å². The topological polar surface area (TPSA) is 50.7 Å². The SMILES string of the molecule is CCc1nc(Br)cc(NCc2ccc(C)nc2)n1. The lowest BCUT2D eigenvalue weighted by Crippen LogP contribution is -2.04. The third kappa shape index (κ3) is 3.50. The molecular formula is C13H15BrN4. The number of nitrogens with one attached hydrogen (secondary N) is 1. The summed E-state index contributed by atoms with van der Waals surface area (Å²) in [7, 11) is 0. The Morgan fingerprint density at radius 2 is 2.11 bits per heavy atom. The molecule has 18 heavy (non-hydrogen) atoms. The molecule has 0 aliphatic heterocycles. The van der Waals surface area contributed by atoms with E-state index in [9.17, 15) is 0 Å². The zero-order valence-corrected chi connectivity index (χ0v) is 12.0. The number of hydrogen-bond acceptors (Lipinski definition) is 4. The van der Waals surface area contributed by atoms with Gasteiger partial charge in [0.25, 0.3) is 0 Å². The van der Waals surface area contributed by atoms with Crippen molar-refractivity contribution in [3.8, 4) is 0 Å². The second-order valence-corrected chi connectivity index (χ2v) is 4.82. The lowest BCUT2D eigenvalue weighted by molar-refractivity contribution is 0.920. The average Bonchev–Trinajstić information content (AvgIpc) is 2.37. The van der Waals surface area contributed by atoms with Gasteiger partial charge >= 0.3 is 0 Å². The molecule has 4 nitrogen and oxygen atoms in total. The second kappa shape index (κ2) is 5.91. The van der Waals surface area contributed by atoms with Crippen LogP contribution in [0.2, 0.25) is 0 Å². The van der Waals surface area contributed by atoms with Gasteiger partial charge in [-0.05, 0) is 34.5 Å². The van der Waals surface area contributed by atoms with Crippen LogP contribution in [0.4, 0.5) is 5.82 Å². The molecule has 2 aromatic rings. The van der Waals surface area contributed by atoms with E-state index in [1.54, 1.807) is 0 Å². The molecule has 0 saturated heterocycles. The van der Waals surface area contributed by atoms with Crippen LogP contribution in [0, 0.1) is 6.92 Å². The molecule has 5 heteroatoms. The third-order valence-corrected chi connectivity index (χ3v) is 2.91. The molecule has 0 aromatic carbocycles. The molecule has 2 heterocycles. The van der Waals surface area contributed by atoms with Crippen molar-refractivity contribution in [2.75, 3.05) is 5.32 Å². The minimum Gasteiger partial charge on any atom is -0.366 e. The Labute approximate surface area is 115 Å². The molecule has 0 unspecified atom stereocenters. The quantitative estimate of drug-likeness (QED) is 0.882. The molecule has 0 saturated carbocycles. The van der Waals surface area contributed by atoms with Crippen molar-refractivity contribution in [1.29, 1.82) is 0 Å². The Balaban J connectivity index is 2.05. The van der Waals surface area contributed by atoms with Crippen molar-refractivity contribution in [2.45, 2.75) is 26.8 Å². The zero-order chi connectivity index (χ0) is 13.0. The molecule has 0 atom stereocenters. The number of hydrogen-bond donors (Lipinski definition) is 1. The molecule has 94 valence electrons. The van der Waals surface area contributed by atoms with E-state index in [4.69, 9.17) is 0 Å². The monoisotopic (exact) mass is 306 g/mol. The lowest BCUT2D eigenvalue weighted by atomic mass is 10.2. The molecule has 1 N–H and O–H groups in total. The van der Waals surface area contributed by atoms with Gasteiger partial charge in [-0.3, -0.25) is 4.98 Å². The first-order valence-electron chi connectivity index (χ1n) is 5.86. The van der Waals surface area contributed by atoms with E-state index >= 15 is 0 Å². The Morgan fingerprint density at radius 3 is 2.78 bits per heavy atom. The number of anilines is 1. The fraction of sp³-hybridized carbons (Fsp3) is 0.308. The van der Waals surface area contributed by atoms with Gasteiger partial charge in [0, 0.05) is 30.9 Å². The van der Waals surface area contributed by atoms with E-state index in [-0.39, 0.29) is 0 Å². The third-order valence-electron chi connectivity index (χ3n) is 2.50. The Morgan fingerprint density at radius 1 is 1.28 bits per heavy atom. The second-order valence-electron chi connectivity index (χ2n) is 4.01. The summed E-state index contributed by atoms with van der Waals surface area (Å²) in [5.41, 5.74) is 2.16. The van der Waals surface area contributed by atoms with Crippen molar-refractivity contribution >= 4 is 21.7 Å². The number of rotatable bonds is 4. The lowest BCUT2D eigenvalue weighted by Gasteiger charge is -2.07. The molecule has 0 radical (unpaired) electrons. The van der Waals surface area contributed by atoms with Crippen molar-refractivity contribution < 1.29 is 0 Å². The van der Waals surface area contributed by atoms with E-state index in [0.29, 0.717) is 6.54 Å². The predicted molar refractivity (Wildman–Crippen MR) is 75.4 cm³/mol. The highest BCUT2D eigenvalue weighted by molar-refractivity contribution is 9.10. The van der Waals surface area contributed by atoms with E-state index in [1.807, 2.05) is 32.2 Å². The summed E-state index contributed by atoms with van der Waals surface area (Å²) in [5, 5.41) is 3.27. The van der Waals surface area contributed by atoms with Crippen LogP contribution >= 0.6 is 15.9 Å². The largest absolute Gasteiger partial charge is 0.366 e. The minimum atomic E-state index is 0.708. The molecule has 2 aromatic heterocycles. The number of nitrogens with zero attached hydrogens (tertiary/aromatic N) is 3. The van der Waals surface area contributed by atoms with Crippen molar-refractivity contribution in [3.63, 3.8) is 0 Å². The predicted octanol–water partition coefficient (Wildman–Crippen LogP) is 3.12. The summed E-state index contributed by atoms with van der Waals surface area (Å²) >= 11 is 3.39. The molecule has 0 amide bonds. The first kappa shape index (κ1) is 13.0. The van der Waals surface area contributed by atoms with Crippen LogP contribution in [0.25, 0.3) is 0 Å². The number of aromatic nitrogens is 3. The highest BCUT2D eigenvalue weighted by atomic mass is 79.9. The summed E-state index contributed by atoms with van der Waals surface area (Å²) < 4.78 is 0.805. The van der Waals surface area contributed by atoms with Crippen molar-refractivity contribution in [1.82, 2.24) is 15.0 Å². The maximum Gasteiger partial charge on any atom is 0.131 e. The first-order chi connectivity index (χ1) is 8.67. The van der Waals surface area contributed by atoms with Gasteiger partial charge in [0.15, 0.2) is 0 Å². The summed E-state index contributed by atoms with van der Waals surface area (Å²) in [6, 6.07) is 5.94. The normalized spacial score (nSPS) is 10.4. The van der Waals surface area contributed by atoms with Crippen LogP contribution in [0.5, 0.6) is 0 Å². The number of pyridine rings is 1. The Hall–Kier alpha value is -1.49. The van der Waals surface area contributed by atoms with Gasteiger partial charge in [0.05, 0.1) is 0 Å². The van der Waals surface area contributed by atoms with Crippen LogP contribution in [0.15, 0.2) is 29.0 Å². The molecular weight excluding hydrogens is 292 g/mol. The smallest absolute Gasteiger partial charge is 0.131 e. The fourth-order valence-electron chi connectivity index (χ4n) is 1.51.